The van der Waals surface area contributed by atoms with Gasteiger partial charge in [-0.2, -0.15) is 0 Å². The van der Waals surface area contributed by atoms with Crippen molar-refractivity contribution < 1.29 is 4.79 Å². The molecule has 0 spiro atoms. The van der Waals surface area contributed by atoms with Gasteiger partial charge in [-0.15, -0.1) is 6.42 Å². The number of carbonyl (C=O) groups excluding carboxylic acids is 1. The van der Waals surface area contributed by atoms with Gasteiger partial charge in [-0.1, -0.05) is 19.3 Å². The fraction of sp³-hybridized carbons (Fsp3) is 0.364. The van der Waals surface area contributed by atoms with E-state index in [1.54, 1.807) is 0 Å². The minimum Gasteiger partial charge on any atom is -0.337 e. The van der Waals surface area contributed by atoms with Gasteiger partial charge in [0, 0.05) is 6.20 Å². The lowest BCUT2D eigenvalue weighted by Crippen LogP contribution is -2.34. The highest BCUT2D eigenvalue weighted by Crippen LogP contribution is 1.97. The van der Waals surface area contributed by atoms with E-state index in [1.807, 2.05) is 6.92 Å². The predicted octanol–water partition coefficient (Wildman–Crippen LogP) is 0.302. The molecule has 0 aliphatic carbocycles. The highest BCUT2D eigenvalue weighted by molar-refractivity contribution is 5.92. The number of nitrogens with one attached hydrogen (secondary N) is 2. The topological polar surface area (TPSA) is 74.8 Å². The van der Waals surface area contributed by atoms with E-state index >= 15 is 0 Å². The lowest BCUT2D eigenvalue weighted by atomic mass is 10.2. The Bertz CT molecular complexity index is 439. The number of aromatic nitrogens is 2. The molecule has 5 nitrogen and oxygen atoms in total. The van der Waals surface area contributed by atoms with Crippen molar-refractivity contribution in [3.63, 3.8) is 0 Å². The summed E-state index contributed by atoms with van der Waals surface area (Å²) in [7, 11) is 0. The molecule has 1 amide bonds. The molecule has 0 fully saturated rings. The van der Waals surface area contributed by atoms with Gasteiger partial charge in [-0.05, 0) is 6.42 Å². The largest absolute Gasteiger partial charge is 0.337 e. The summed E-state index contributed by atoms with van der Waals surface area (Å²) < 4.78 is 0. The van der Waals surface area contributed by atoms with E-state index in [0.717, 1.165) is 12.6 Å². The molecular formula is C11H13N3O2. The van der Waals surface area contributed by atoms with Gasteiger partial charge < -0.3 is 10.3 Å². The fourth-order valence-electron chi connectivity index (χ4n) is 1.18. The zero-order valence-corrected chi connectivity index (χ0v) is 8.99. The summed E-state index contributed by atoms with van der Waals surface area (Å²) in [4.78, 5) is 28.4. The Labute approximate surface area is 93.3 Å². The van der Waals surface area contributed by atoms with Crippen LogP contribution in [0.5, 0.6) is 0 Å². The van der Waals surface area contributed by atoms with Crippen LogP contribution in [0.4, 0.5) is 0 Å². The smallest absolute Gasteiger partial charge is 0.272 e. The summed E-state index contributed by atoms with van der Waals surface area (Å²) in [6, 6.07) is -0.300. The predicted molar refractivity (Wildman–Crippen MR) is 59.9 cm³/mol. The van der Waals surface area contributed by atoms with Crippen molar-refractivity contribution in [1.82, 2.24) is 15.3 Å². The van der Waals surface area contributed by atoms with E-state index in [1.165, 1.54) is 6.20 Å². The SMILES string of the molecule is C#CC(CCC)NC(=O)c1c[nH]c(=O)cn1. The van der Waals surface area contributed by atoms with Crippen LogP contribution in [-0.2, 0) is 0 Å². The highest BCUT2D eigenvalue weighted by Gasteiger charge is 2.11. The second-order valence-electron chi connectivity index (χ2n) is 3.28. The molecule has 1 unspecified atom stereocenters. The lowest BCUT2D eigenvalue weighted by Gasteiger charge is -2.10. The molecule has 0 saturated carbocycles. The number of hydrogen-bond donors (Lipinski definition) is 2. The molecule has 5 heteroatoms. The maximum atomic E-state index is 11.6. The Hall–Kier alpha value is -2.09. The van der Waals surface area contributed by atoms with Crippen LogP contribution in [-0.4, -0.2) is 21.9 Å². The van der Waals surface area contributed by atoms with Gasteiger partial charge in [0.15, 0.2) is 0 Å². The molecule has 1 heterocycles. The van der Waals surface area contributed by atoms with Crippen LogP contribution >= 0.6 is 0 Å². The molecule has 0 radical (unpaired) electrons. The van der Waals surface area contributed by atoms with Gasteiger partial charge in [0.2, 0.25) is 0 Å². The molecule has 16 heavy (non-hydrogen) atoms. The van der Waals surface area contributed by atoms with Gasteiger partial charge in [0.05, 0.1) is 12.2 Å². The van der Waals surface area contributed by atoms with Gasteiger partial charge in [0.1, 0.15) is 5.69 Å². The number of carbonyl (C=O) groups is 1. The lowest BCUT2D eigenvalue weighted by molar-refractivity contribution is 0.0939. The van der Waals surface area contributed by atoms with Crippen molar-refractivity contribution in [3.8, 4) is 12.3 Å². The minimum atomic E-state index is -0.382. The average molecular weight is 219 g/mol. The fourth-order valence-corrected chi connectivity index (χ4v) is 1.18. The number of nitrogens with zero attached hydrogens (tertiary/aromatic N) is 1. The number of H-pyrrole nitrogens is 1. The molecule has 1 aromatic rings. The molecule has 1 rings (SSSR count). The second-order valence-corrected chi connectivity index (χ2v) is 3.28. The van der Waals surface area contributed by atoms with Crippen LogP contribution in [0.25, 0.3) is 0 Å². The van der Waals surface area contributed by atoms with E-state index in [9.17, 15) is 9.59 Å². The van der Waals surface area contributed by atoms with Crippen molar-refractivity contribution in [1.29, 1.82) is 0 Å². The molecule has 0 saturated heterocycles. The number of amides is 1. The Morgan fingerprint density at radius 3 is 3.00 bits per heavy atom. The monoisotopic (exact) mass is 219 g/mol. The summed E-state index contributed by atoms with van der Waals surface area (Å²) >= 11 is 0. The van der Waals surface area contributed by atoms with E-state index in [2.05, 4.69) is 21.2 Å². The van der Waals surface area contributed by atoms with Crippen molar-refractivity contribution in [2.45, 2.75) is 25.8 Å². The van der Waals surface area contributed by atoms with Crippen LogP contribution in [0.3, 0.4) is 0 Å². The molecular weight excluding hydrogens is 206 g/mol. The standard InChI is InChI=1S/C11H13N3O2/c1-3-5-8(4-2)14-11(16)9-6-13-10(15)7-12-9/h2,6-8H,3,5H2,1H3,(H,13,15)(H,14,16). The summed E-state index contributed by atoms with van der Waals surface area (Å²) in [5.74, 6) is 2.10. The van der Waals surface area contributed by atoms with Crippen LogP contribution in [0, 0.1) is 12.3 Å². The summed E-state index contributed by atoms with van der Waals surface area (Å²) in [5, 5.41) is 2.64. The highest BCUT2D eigenvalue weighted by atomic mass is 16.2. The van der Waals surface area contributed by atoms with Gasteiger partial charge in [0.25, 0.3) is 11.5 Å². The van der Waals surface area contributed by atoms with Gasteiger partial charge >= 0.3 is 0 Å². The molecule has 2 N–H and O–H groups in total. The third-order valence-corrected chi connectivity index (χ3v) is 1.99. The average Bonchev–Trinajstić information content (AvgIpc) is 2.29. The van der Waals surface area contributed by atoms with E-state index < -0.39 is 0 Å². The second kappa shape index (κ2) is 5.71. The van der Waals surface area contributed by atoms with Crippen molar-refractivity contribution in [2.75, 3.05) is 0 Å². The zero-order valence-electron chi connectivity index (χ0n) is 8.99. The molecule has 84 valence electrons. The quantitative estimate of drug-likeness (QED) is 0.715. The van der Waals surface area contributed by atoms with Crippen LogP contribution in [0.15, 0.2) is 17.2 Å². The van der Waals surface area contributed by atoms with Crippen LogP contribution in [0.2, 0.25) is 0 Å². The van der Waals surface area contributed by atoms with Crippen molar-refractivity contribution >= 4 is 5.91 Å². The number of terminal acetylenes is 1. The Kier molecular flexibility index (Phi) is 4.28. The van der Waals surface area contributed by atoms with Crippen molar-refractivity contribution in [3.05, 3.63) is 28.4 Å². The van der Waals surface area contributed by atoms with E-state index in [4.69, 9.17) is 6.42 Å². The molecule has 0 bridgehead atoms. The minimum absolute atomic E-state index is 0.149. The number of rotatable bonds is 4. The summed E-state index contributed by atoms with van der Waals surface area (Å²) in [5.41, 5.74) is -0.199. The Balaban J connectivity index is 2.68. The molecule has 1 aromatic heterocycles. The third-order valence-electron chi connectivity index (χ3n) is 1.99. The summed E-state index contributed by atoms with van der Waals surface area (Å²) in [6.07, 6.45) is 9.18. The Morgan fingerprint density at radius 1 is 1.75 bits per heavy atom. The maximum absolute atomic E-state index is 11.6. The number of aromatic amines is 1. The molecule has 0 aliphatic rings. The van der Waals surface area contributed by atoms with E-state index in [-0.39, 0.29) is 23.2 Å². The maximum Gasteiger partial charge on any atom is 0.272 e. The zero-order chi connectivity index (χ0) is 12.0. The first-order valence-electron chi connectivity index (χ1n) is 4.99. The van der Waals surface area contributed by atoms with Gasteiger partial charge in [-0.3, -0.25) is 9.59 Å². The molecule has 1 atom stereocenters. The van der Waals surface area contributed by atoms with Gasteiger partial charge in [-0.25, -0.2) is 4.98 Å². The first kappa shape index (κ1) is 12.0. The number of hydrogen-bond acceptors (Lipinski definition) is 3. The van der Waals surface area contributed by atoms with Crippen LogP contribution < -0.4 is 10.9 Å². The van der Waals surface area contributed by atoms with E-state index in [0.29, 0.717) is 6.42 Å². The Morgan fingerprint density at radius 2 is 2.50 bits per heavy atom. The first-order chi connectivity index (χ1) is 7.67. The summed E-state index contributed by atoms with van der Waals surface area (Å²) in [6.45, 7) is 1.98. The normalized spacial score (nSPS) is 11.5. The first-order valence-corrected chi connectivity index (χ1v) is 4.99. The third kappa shape index (κ3) is 3.24. The molecule has 0 aromatic carbocycles. The van der Waals surface area contributed by atoms with Crippen molar-refractivity contribution in [2.24, 2.45) is 0 Å². The molecule has 0 aliphatic heterocycles. The van der Waals surface area contributed by atoms with Crippen LogP contribution in [0.1, 0.15) is 30.3 Å².